The van der Waals surface area contributed by atoms with Crippen molar-refractivity contribution in [2.45, 2.75) is 12.6 Å². The van der Waals surface area contributed by atoms with Gasteiger partial charge in [-0.25, -0.2) is 13.6 Å². The molecule has 0 aromatic rings. The Morgan fingerprint density at radius 1 is 1.44 bits per heavy atom. The number of carboxylic acid groups (broad SMARTS) is 1. The normalized spacial score (nSPS) is 26.4. The van der Waals surface area contributed by atoms with Gasteiger partial charge < -0.3 is 10.0 Å². The Labute approximate surface area is 102 Å². The highest BCUT2D eigenvalue weighted by molar-refractivity contribution is 7.89. The van der Waals surface area contributed by atoms with Crippen molar-refractivity contribution in [3.05, 3.63) is 0 Å². The van der Waals surface area contributed by atoms with E-state index in [1.165, 1.54) is 0 Å². The molecule has 18 heavy (non-hydrogen) atoms. The summed E-state index contributed by atoms with van der Waals surface area (Å²) in [7, 11) is -3.77. The van der Waals surface area contributed by atoms with Gasteiger partial charge in [-0.05, 0) is 13.0 Å². The van der Waals surface area contributed by atoms with Gasteiger partial charge in [0.05, 0.1) is 5.75 Å². The third-order valence-electron chi connectivity index (χ3n) is 2.99. The van der Waals surface area contributed by atoms with Crippen LogP contribution in [0.2, 0.25) is 0 Å². The van der Waals surface area contributed by atoms with Crippen molar-refractivity contribution in [3.8, 4) is 0 Å². The topological polar surface area (TPSA) is 101 Å². The maximum absolute atomic E-state index is 12.8. The molecular formula is C8H13F3N2O4S. The Morgan fingerprint density at radius 2 is 2.00 bits per heavy atom. The molecule has 0 bridgehead atoms. The number of hydrogen-bond donors (Lipinski definition) is 2. The van der Waals surface area contributed by atoms with Crippen LogP contribution in [0, 0.1) is 5.41 Å². The molecular weight excluding hydrogens is 277 g/mol. The van der Waals surface area contributed by atoms with E-state index in [0.717, 1.165) is 4.90 Å². The van der Waals surface area contributed by atoms with Crippen molar-refractivity contribution < 1.29 is 31.5 Å². The highest BCUT2D eigenvalue weighted by atomic mass is 32.2. The van der Waals surface area contributed by atoms with Gasteiger partial charge in [-0.15, -0.1) is 0 Å². The Balaban J connectivity index is 2.76. The Morgan fingerprint density at radius 3 is 2.33 bits per heavy atom. The fourth-order valence-corrected chi connectivity index (χ4v) is 2.38. The largest absolute Gasteiger partial charge is 0.481 e. The van der Waals surface area contributed by atoms with E-state index < -0.39 is 46.3 Å². The molecule has 1 heterocycles. The third kappa shape index (κ3) is 3.12. The molecule has 0 spiro atoms. The second-order valence-electron chi connectivity index (χ2n) is 4.28. The summed E-state index contributed by atoms with van der Waals surface area (Å²) in [5.41, 5.74) is -2.81. The van der Waals surface area contributed by atoms with E-state index in [4.69, 9.17) is 10.2 Å². The minimum atomic E-state index is -4.87. The summed E-state index contributed by atoms with van der Waals surface area (Å²) < 4.78 is 59.7. The summed E-state index contributed by atoms with van der Waals surface area (Å²) in [6.07, 6.45) is -5.45. The quantitative estimate of drug-likeness (QED) is 0.734. The number of nitrogens with two attached hydrogens (primary N) is 1. The van der Waals surface area contributed by atoms with Crippen LogP contribution in [0.3, 0.4) is 0 Å². The molecule has 3 N–H and O–H groups in total. The Hall–Kier alpha value is -0.870. The number of nitrogens with zero attached hydrogens (tertiary/aromatic N) is 1. The summed E-state index contributed by atoms with van der Waals surface area (Å²) in [6, 6.07) is 0. The molecule has 1 aliphatic heterocycles. The number of likely N-dealkylation sites (tertiary alicyclic amines) is 1. The summed E-state index contributed by atoms with van der Waals surface area (Å²) in [4.78, 5) is 12.0. The molecule has 1 saturated heterocycles. The fraction of sp³-hybridized carbons (Fsp3) is 0.875. The van der Waals surface area contributed by atoms with Crippen LogP contribution in [-0.4, -0.2) is 56.0 Å². The van der Waals surface area contributed by atoms with Crippen LogP contribution >= 0.6 is 0 Å². The van der Waals surface area contributed by atoms with Gasteiger partial charge in [0.1, 0.15) is 0 Å². The number of alkyl halides is 3. The standard InChI is InChI=1S/C8H13F3N2O4S/c9-8(10,11)7(6(14)15)1-2-13(5-7)3-4-18(12,16)17/h1-5H2,(H,14,15)(H2,12,16,17). The molecule has 1 aliphatic rings. The number of aliphatic carboxylic acids is 1. The number of halogens is 3. The molecule has 6 nitrogen and oxygen atoms in total. The molecule has 0 aromatic carbocycles. The lowest BCUT2D eigenvalue weighted by atomic mass is 9.86. The van der Waals surface area contributed by atoms with Crippen molar-refractivity contribution in [1.29, 1.82) is 0 Å². The zero-order valence-corrected chi connectivity index (χ0v) is 10.1. The highest BCUT2D eigenvalue weighted by Gasteiger charge is 2.63. The number of carboxylic acids is 1. The van der Waals surface area contributed by atoms with Crippen LogP contribution in [0.25, 0.3) is 0 Å². The maximum Gasteiger partial charge on any atom is 0.406 e. The van der Waals surface area contributed by atoms with Crippen LogP contribution in [0.1, 0.15) is 6.42 Å². The molecule has 1 unspecified atom stereocenters. The van der Waals surface area contributed by atoms with Gasteiger partial charge in [-0.2, -0.15) is 13.2 Å². The van der Waals surface area contributed by atoms with Crippen molar-refractivity contribution >= 4 is 16.0 Å². The van der Waals surface area contributed by atoms with Crippen molar-refractivity contribution in [2.24, 2.45) is 10.6 Å². The van der Waals surface area contributed by atoms with Crippen LogP contribution in [0.5, 0.6) is 0 Å². The molecule has 1 fully saturated rings. The molecule has 0 saturated carbocycles. The van der Waals surface area contributed by atoms with Crippen molar-refractivity contribution in [3.63, 3.8) is 0 Å². The van der Waals surface area contributed by atoms with Gasteiger partial charge in [0.25, 0.3) is 0 Å². The van der Waals surface area contributed by atoms with Crippen LogP contribution < -0.4 is 5.14 Å². The first kappa shape index (κ1) is 15.2. The van der Waals surface area contributed by atoms with E-state index in [1.54, 1.807) is 0 Å². The van der Waals surface area contributed by atoms with Crippen LogP contribution in [0.15, 0.2) is 0 Å². The Bertz CT molecular complexity index is 436. The first-order valence-corrected chi connectivity index (χ1v) is 6.72. The molecule has 0 aromatic heterocycles. The van der Waals surface area contributed by atoms with Crippen LogP contribution in [0.4, 0.5) is 13.2 Å². The Kier molecular flexibility index (Phi) is 3.94. The van der Waals surface area contributed by atoms with Gasteiger partial charge >= 0.3 is 12.1 Å². The van der Waals surface area contributed by atoms with E-state index in [2.05, 4.69) is 0 Å². The summed E-state index contributed by atoms with van der Waals surface area (Å²) in [6.45, 7) is -1.08. The summed E-state index contributed by atoms with van der Waals surface area (Å²) >= 11 is 0. The lowest BCUT2D eigenvalue weighted by Crippen LogP contribution is -2.47. The molecule has 1 atom stereocenters. The van der Waals surface area contributed by atoms with Gasteiger partial charge in [-0.3, -0.25) is 4.79 Å². The number of hydrogen-bond acceptors (Lipinski definition) is 4. The van der Waals surface area contributed by atoms with E-state index in [0.29, 0.717) is 0 Å². The molecule has 0 amide bonds. The maximum atomic E-state index is 12.8. The zero-order chi connectivity index (χ0) is 14.2. The highest BCUT2D eigenvalue weighted by Crippen LogP contribution is 2.45. The van der Waals surface area contributed by atoms with Gasteiger partial charge in [0.15, 0.2) is 5.41 Å². The number of primary sulfonamides is 1. The summed E-state index contributed by atoms with van der Waals surface area (Å²) in [5.74, 6) is -2.44. The van der Waals surface area contributed by atoms with E-state index in [9.17, 15) is 26.4 Å². The van der Waals surface area contributed by atoms with E-state index >= 15 is 0 Å². The molecule has 10 heteroatoms. The minimum absolute atomic E-state index is 0.124. The lowest BCUT2D eigenvalue weighted by molar-refractivity contribution is -0.227. The van der Waals surface area contributed by atoms with Gasteiger partial charge in [0, 0.05) is 13.1 Å². The molecule has 106 valence electrons. The first-order chi connectivity index (χ1) is 7.98. The van der Waals surface area contributed by atoms with Gasteiger partial charge in [-0.1, -0.05) is 0 Å². The van der Waals surface area contributed by atoms with E-state index in [1.807, 2.05) is 0 Å². The summed E-state index contributed by atoms with van der Waals surface area (Å²) in [5, 5.41) is 13.5. The number of sulfonamides is 1. The lowest BCUT2D eigenvalue weighted by Gasteiger charge is -2.27. The smallest absolute Gasteiger partial charge is 0.406 e. The number of rotatable bonds is 4. The van der Waals surface area contributed by atoms with Crippen molar-refractivity contribution in [2.75, 3.05) is 25.4 Å². The minimum Gasteiger partial charge on any atom is -0.481 e. The second kappa shape index (κ2) is 4.67. The third-order valence-corrected chi connectivity index (χ3v) is 3.74. The molecule has 1 rings (SSSR count). The zero-order valence-electron chi connectivity index (χ0n) is 9.27. The molecule has 0 radical (unpaired) electrons. The number of carbonyl (C=O) groups is 1. The predicted molar refractivity (Wildman–Crippen MR) is 55.2 cm³/mol. The fourth-order valence-electron chi connectivity index (χ4n) is 1.86. The van der Waals surface area contributed by atoms with Crippen molar-refractivity contribution in [1.82, 2.24) is 4.90 Å². The predicted octanol–water partition coefficient (Wildman–Crippen LogP) is -0.386. The molecule has 0 aliphatic carbocycles. The monoisotopic (exact) mass is 290 g/mol. The van der Waals surface area contributed by atoms with Crippen LogP contribution in [-0.2, 0) is 14.8 Å². The average Bonchev–Trinajstić information content (AvgIpc) is 2.57. The second-order valence-corrected chi connectivity index (χ2v) is 6.01. The van der Waals surface area contributed by atoms with E-state index in [-0.39, 0.29) is 13.1 Å². The van der Waals surface area contributed by atoms with Gasteiger partial charge in [0.2, 0.25) is 10.0 Å². The SMILES string of the molecule is NS(=O)(=O)CCN1CCC(C(=O)O)(C(F)(F)F)C1. The first-order valence-electron chi connectivity index (χ1n) is 5.01. The average molecular weight is 290 g/mol.